The van der Waals surface area contributed by atoms with Crippen molar-refractivity contribution < 1.29 is 4.74 Å². The van der Waals surface area contributed by atoms with Crippen molar-refractivity contribution in [2.75, 3.05) is 11.9 Å². The van der Waals surface area contributed by atoms with E-state index in [1.807, 2.05) is 10.9 Å². The maximum Gasteiger partial charge on any atom is 0.0771 e. The number of hydrogen-bond acceptors (Lipinski definition) is 3. The summed E-state index contributed by atoms with van der Waals surface area (Å²) in [5.74, 6) is 0.954. The van der Waals surface area contributed by atoms with E-state index in [9.17, 15) is 0 Å². The van der Waals surface area contributed by atoms with Gasteiger partial charge in [-0.3, -0.25) is 4.68 Å². The molecule has 0 aromatic carbocycles. The molecule has 1 aromatic heterocycles. The Labute approximate surface area is 121 Å². The van der Waals surface area contributed by atoms with Crippen LogP contribution in [0, 0.1) is 5.92 Å². The Balaban J connectivity index is 1.47. The highest BCUT2D eigenvalue weighted by Crippen LogP contribution is 2.28. The Bertz CT molecular complexity index is 404. The quantitative estimate of drug-likeness (QED) is 0.896. The fraction of sp³-hybridized carbons (Fsp3) is 0.812. The number of nitrogens with zero attached hydrogens (tertiary/aromatic N) is 2. The molecule has 1 saturated heterocycles. The van der Waals surface area contributed by atoms with Crippen LogP contribution in [0.25, 0.3) is 0 Å². The molecule has 0 radical (unpaired) electrons. The van der Waals surface area contributed by atoms with Crippen LogP contribution in [0.15, 0.2) is 12.4 Å². The molecular weight excluding hydrogens is 250 g/mol. The number of ether oxygens (including phenoxy) is 1. The second-order valence-corrected chi connectivity index (χ2v) is 6.36. The molecule has 1 unspecified atom stereocenters. The summed E-state index contributed by atoms with van der Waals surface area (Å²) in [5, 5.41) is 8.10. The Morgan fingerprint density at radius 3 is 2.85 bits per heavy atom. The molecule has 2 fully saturated rings. The standard InChI is InChI=1S/C16H27N3O/c1-2-13-5-7-14(8-6-13)18-15-10-17-19(11-15)12-16-4-3-9-20-16/h10-11,13-14,16,18H,2-9,12H2,1H3. The number of anilines is 1. The third-order valence-corrected chi connectivity index (χ3v) is 4.84. The number of hydrogen-bond donors (Lipinski definition) is 1. The van der Waals surface area contributed by atoms with Gasteiger partial charge >= 0.3 is 0 Å². The highest BCUT2D eigenvalue weighted by Gasteiger charge is 2.20. The lowest BCUT2D eigenvalue weighted by Gasteiger charge is -2.28. The molecule has 1 saturated carbocycles. The minimum absolute atomic E-state index is 0.364. The fourth-order valence-corrected chi connectivity index (χ4v) is 3.49. The monoisotopic (exact) mass is 277 g/mol. The molecule has 4 heteroatoms. The van der Waals surface area contributed by atoms with E-state index in [1.165, 1.54) is 50.6 Å². The predicted molar refractivity (Wildman–Crippen MR) is 80.9 cm³/mol. The van der Waals surface area contributed by atoms with E-state index in [2.05, 4.69) is 23.5 Å². The SMILES string of the molecule is CCC1CCC(Nc2cnn(CC3CCCO3)c2)CC1. The van der Waals surface area contributed by atoms with Gasteiger partial charge in [0.2, 0.25) is 0 Å². The molecule has 4 nitrogen and oxygen atoms in total. The predicted octanol–water partition coefficient (Wildman–Crippen LogP) is 3.44. The third kappa shape index (κ3) is 3.54. The molecule has 20 heavy (non-hydrogen) atoms. The summed E-state index contributed by atoms with van der Waals surface area (Å²) >= 11 is 0. The number of aromatic nitrogens is 2. The first-order valence-electron chi connectivity index (χ1n) is 8.24. The van der Waals surface area contributed by atoms with E-state index >= 15 is 0 Å². The average molecular weight is 277 g/mol. The van der Waals surface area contributed by atoms with Crippen LogP contribution in [0.5, 0.6) is 0 Å². The van der Waals surface area contributed by atoms with E-state index in [1.54, 1.807) is 0 Å². The van der Waals surface area contributed by atoms with Gasteiger partial charge in [0.25, 0.3) is 0 Å². The molecule has 2 aliphatic rings. The molecule has 3 rings (SSSR count). The highest BCUT2D eigenvalue weighted by molar-refractivity contribution is 5.39. The van der Waals surface area contributed by atoms with Crippen LogP contribution in [0.2, 0.25) is 0 Å². The normalized spacial score (nSPS) is 30.6. The van der Waals surface area contributed by atoms with Crippen LogP contribution in [0.3, 0.4) is 0 Å². The second-order valence-electron chi connectivity index (χ2n) is 6.36. The minimum Gasteiger partial charge on any atom is -0.380 e. The molecule has 112 valence electrons. The molecule has 1 atom stereocenters. The summed E-state index contributed by atoms with van der Waals surface area (Å²) in [7, 11) is 0. The average Bonchev–Trinajstić information content (AvgIpc) is 3.12. The fourth-order valence-electron chi connectivity index (χ4n) is 3.49. The van der Waals surface area contributed by atoms with Crippen molar-refractivity contribution >= 4 is 5.69 Å². The van der Waals surface area contributed by atoms with Crippen molar-refractivity contribution in [3.8, 4) is 0 Å². The topological polar surface area (TPSA) is 39.1 Å². The van der Waals surface area contributed by atoms with Crippen LogP contribution >= 0.6 is 0 Å². The third-order valence-electron chi connectivity index (χ3n) is 4.84. The largest absolute Gasteiger partial charge is 0.380 e. The lowest BCUT2D eigenvalue weighted by Crippen LogP contribution is -2.25. The zero-order valence-electron chi connectivity index (χ0n) is 12.6. The molecule has 2 heterocycles. The Morgan fingerprint density at radius 1 is 1.30 bits per heavy atom. The van der Waals surface area contributed by atoms with Gasteiger partial charge in [-0.15, -0.1) is 0 Å². The van der Waals surface area contributed by atoms with Gasteiger partial charge in [-0.1, -0.05) is 13.3 Å². The molecule has 1 aliphatic heterocycles. The van der Waals surface area contributed by atoms with Crippen LogP contribution < -0.4 is 5.32 Å². The highest BCUT2D eigenvalue weighted by atomic mass is 16.5. The van der Waals surface area contributed by atoms with Gasteiger partial charge in [-0.2, -0.15) is 5.10 Å². The summed E-state index contributed by atoms with van der Waals surface area (Å²) in [4.78, 5) is 0. The lowest BCUT2D eigenvalue weighted by atomic mass is 9.84. The molecule has 0 bridgehead atoms. The molecule has 0 amide bonds. The molecule has 1 aliphatic carbocycles. The van der Waals surface area contributed by atoms with E-state index < -0.39 is 0 Å². The van der Waals surface area contributed by atoms with Gasteiger partial charge < -0.3 is 10.1 Å². The van der Waals surface area contributed by atoms with E-state index in [-0.39, 0.29) is 0 Å². The van der Waals surface area contributed by atoms with Crippen LogP contribution in [0.4, 0.5) is 5.69 Å². The van der Waals surface area contributed by atoms with Crippen molar-refractivity contribution in [2.45, 2.75) is 70.6 Å². The first kappa shape index (κ1) is 13.9. The van der Waals surface area contributed by atoms with E-state index in [0.717, 1.165) is 19.1 Å². The van der Waals surface area contributed by atoms with E-state index in [0.29, 0.717) is 12.1 Å². The summed E-state index contributed by atoms with van der Waals surface area (Å²) < 4.78 is 7.68. The van der Waals surface area contributed by atoms with Crippen LogP contribution in [0.1, 0.15) is 51.9 Å². The maximum absolute atomic E-state index is 5.66. The van der Waals surface area contributed by atoms with E-state index in [4.69, 9.17) is 4.74 Å². The summed E-state index contributed by atoms with van der Waals surface area (Å²) in [6, 6.07) is 0.637. The Hall–Kier alpha value is -1.03. The van der Waals surface area contributed by atoms with Gasteiger partial charge in [-0.25, -0.2) is 0 Å². The summed E-state index contributed by atoms with van der Waals surface area (Å²) in [6.45, 7) is 4.12. The lowest BCUT2D eigenvalue weighted by molar-refractivity contribution is 0.0940. The summed E-state index contributed by atoms with van der Waals surface area (Å²) in [5.41, 5.74) is 1.17. The Morgan fingerprint density at radius 2 is 2.15 bits per heavy atom. The minimum atomic E-state index is 0.364. The molecular formula is C16H27N3O. The zero-order chi connectivity index (χ0) is 13.8. The maximum atomic E-state index is 5.66. The van der Waals surface area contributed by atoms with Crippen molar-refractivity contribution in [3.63, 3.8) is 0 Å². The van der Waals surface area contributed by atoms with Crippen molar-refractivity contribution in [3.05, 3.63) is 12.4 Å². The smallest absolute Gasteiger partial charge is 0.0771 e. The first-order chi connectivity index (χ1) is 9.83. The van der Waals surface area contributed by atoms with Crippen LogP contribution in [-0.2, 0) is 11.3 Å². The van der Waals surface area contributed by atoms with Crippen molar-refractivity contribution in [1.82, 2.24) is 9.78 Å². The zero-order valence-corrected chi connectivity index (χ0v) is 12.6. The number of rotatable bonds is 5. The van der Waals surface area contributed by atoms with Crippen molar-refractivity contribution in [2.24, 2.45) is 5.92 Å². The van der Waals surface area contributed by atoms with Gasteiger partial charge in [-0.05, 0) is 44.4 Å². The molecule has 1 N–H and O–H groups in total. The summed E-state index contributed by atoms with van der Waals surface area (Å²) in [6.07, 6.45) is 13.5. The van der Waals surface area contributed by atoms with Gasteiger partial charge in [0.15, 0.2) is 0 Å². The van der Waals surface area contributed by atoms with Gasteiger partial charge in [0.05, 0.1) is 24.5 Å². The van der Waals surface area contributed by atoms with Gasteiger partial charge in [0, 0.05) is 18.8 Å². The second kappa shape index (κ2) is 6.61. The van der Waals surface area contributed by atoms with Crippen molar-refractivity contribution in [1.29, 1.82) is 0 Å². The number of nitrogens with one attached hydrogen (secondary N) is 1. The molecule has 0 spiro atoms. The Kier molecular flexibility index (Phi) is 4.61. The van der Waals surface area contributed by atoms with Gasteiger partial charge in [0.1, 0.15) is 0 Å². The molecule has 1 aromatic rings. The van der Waals surface area contributed by atoms with Crippen LogP contribution in [-0.4, -0.2) is 28.5 Å². The first-order valence-corrected chi connectivity index (χ1v) is 8.24.